The first-order chi connectivity index (χ1) is 17.0. The van der Waals surface area contributed by atoms with E-state index in [-0.39, 0.29) is 23.4 Å². The van der Waals surface area contributed by atoms with Gasteiger partial charge in [-0.3, -0.25) is 9.59 Å². The summed E-state index contributed by atoms with van der Waals surface area (Å²) in [6.45, 7) is -0.381. The minimum absolute atomic E-state index is 0.0162. The molecule has 1 aromatic carbocycles. The van der Waals surface area contributed by atoms with Gasteiger partial charge in [0.2, 0.25) is 5.91 Å². The number of hydrogen-bond donors (Lipinski definition) is 2. The van der Waals surface area contributed by atoms with Crippen LogP contribution in [0.3, 0.4) is 0 Å². The van der Waals surface area contributed by atoms with Crippen LogP contribution in [0.4, 0.5) is 22.9 Å². The van der Waals surface area contributed by atoms with Crippen molar-refractivity contribution in [3.05, 3.63) is 41.7 Å². The molecule has 1 atom stereocenters. The van der Waals surface area contributed by atoms with Crippen molar-refractivity contribution in [1.82, 2.24) is 20.0 Å². The van der Waals surface area contributed by atoms with E-state index in [1.807, 2.05) is 32.2 Å². The highest BCUT2D eigenvalue weighted by atomic mass is 16.2. The number of Topliss-reactive ketones (excluding diaryl/α,β-unsaturated/α-hetero) is 1. The molecule has 2 N–H and O–H groups in total. The molecule has 0 spiro atoms. The maximum Gasteiger partial charge on any atom is 0.228 e. The van der Waals surface area contributed by atoms with E-state index in [1.54, 1.807) is 17.9 Å². The lowest BCUT2D eigenvalue weighted by Gasteiger charge is -2.34. The Kier molecular flexibility index (Phi) is 4.30. The first kappa shape index (κ1) is 17.8. The number of nitrogens with one attached hydrogen (secondary N) is 2. The molecule has 1 saturated carbocycles. The number of aromatic nitrogens is 4. The molecule has 0 bridgehead atoms. The quantitative estimate of drug-likeness (QED) is 0.548. The molecule has 170 valence electrons. The Hall–Kier alpha value is -3.75. The molecular formula is C24H27N7O2. The van der Waals surface area contributed by atoms with Gasteiger partial charge in [0.15, 0.2) is 5.78 Å². The van der Waals surface area contributed by atoms with Crippen molar-refractivity contribution in [2.75, 3.05) is 22.6 Å². The number of pyridine rings is 1. The minimum Gasteiger partial charge on any atom is -0.364 e. The van der Waals surface area contributed by atoms with Crippen LogP contribution in [-0.4, -0.2) is 38.7 Å². The molecular weight excluding hydrogens is 418 g/mol. The molecule has 1 amide bonds. The lowest BCUT2D eigenvalue weighted by Crippen LogP contribution is -2.27. The molecule has 5 rings (SSSR count). The van der Waals surface area contributed by atoms with E-state index in [4.69, 9.17) is 4.11 Å². The fraction of sp³-hybridized carbons (Fsp3) is 0.375. The molecule has 1 aliphatic heterocycles. The Morgan fingerprint density at radius 1 is 1.21 bits per heavy atom. The number of rotatable bonds is 6. The van der Waals surface area contributed by atoms with Crippen LogP contribution in [0.5, 0.6) is 0 Å². The first-order valence-electron chi connectivity index (χ1n) is 12.4. The summed E-state index contributed by atoms with van der Waals surface area (Å²) in [5.74, 6) is -0.399. The summed E-state index contributed by atoms with van der Waals surface area (Å²) < 4.78 is 22.6. The third-order valence-electron chi connectivity index (χ3n) is 6.19. The molecule has 3 aromatic rings. The van der Waals surface area contributed by atoms with E-state index in [9.17, 15) is 9.59 Å². The van der Waals surface area contributed by atoms with Gasteiger partial charge in [-0.1, -0.05) is 19.0 Å². The van der Waals surface area contributed by atoms with Gasteiger partial charge in [-0.15, -0.1) is 0 Å². The molecule has 2 aliphatic rings. The monoisotopic (exact) mass is 448 g/mol. The average molecular weight is 449 g/mol. The van der Waals surface area contributed by atoms with Crippen molar-refractivity contribution in [2.45, 2.75) is 39.1 Å². The summed E-state index contributed by atoms with van der Waals surface area (Å²) in [5, 5.41) is 15.2. The number of amides is 1. The number of benzene rings is 1. The van der Waals surface area contributed by atoms with E-state index < -0.39 is 19.1 Å². The number of fused-ring (bicyclic) bond motifs is 3. The number of ketones is 1. The smallest absolute Gasteiger partial charge is 0.228 e. The second kappa shape index (κ2) is 7.99. The van der Waals surface area contributed by atoms with E-state index in [2.05, 4.69) is 30.7 Å². The molecule has 2 aromatic heterocycles. The zero-order valence-electron chi connectivity index (χ0n) is 21.7. The van der Waals surface area contributed by atoms with Gasteiger partial charge in [-0.2, -0.15) is 15.0 Å². The van der Waals surface area contributed by atoms with Crippen molar-refractivity contribution in [3.8, 4) is 11.3 Å². The molecule has 33 heavy (non-hydrogen) atoms. The number of para-hydroxylation sites is 1. The SMILES string of the molecule is [2H]C([2H])([2H])CC(=O)c1cnc(NC(=O)C2CC2)cc1Nc1cccc2c1N(C)[C@@H](C)c1nn(C)nc1-2. The van der Waals surface area contributed by atoms with Crippen LogP contribution in [0.2, 0.25) is 0 Å². The second-order valence-electron chi connectivity index (χ2n) is 8.52. The third kappa shape index (κ3) is 3.73. The summed E-state index contributed by atoms with van der Waals surface area (Å²) in [6.07, 6.45) is 2.39. The Morgan fingerprint density at radius 2 is 2.03 bits per heavy atom. The van der Waals surface area contributed by atoms with E-state index in [0.29, 0.717) is 17.2 Å². The molecule has 0 radical (unpaired) electrons. The minimum atomic E-state index is -2.42. The van der Waals surface area contributed by atoms with E-state index >= 15 is 0 Å². The normalized spacial score (nSPS) is 18.5. The zero-order valence-corrected chi connectivity index (χ0v) is 18.7. The molecule has 9 nitrogen and oxygen atoms in total. The van der Waals surface area contributed by atoms with Gasteiger partial charge in [-0.05, 0) is 25.8 Å². The Morgan fingerprint density at radius 3 is 2.79 bits per heavy atom. The highest BCUT2D eigenvalue weighted by Gasteiger charge is 2.32. The first-order valence-corrected chi connectivity index (χ1v) is 10.9. The molecule has 0 saturated heterocycles. The van der Waals surface area contributed by atoms with Gasteiger partial charge in [0.05, 0.1) is 28.7 Å². The Bertz CT molecular complexity index is 1360. The average Bonchev–Trinajstić information content (AvgIpc) is 3.58. The van der Waals surface area contributed by atoms with Gasteiger partial charge in [0.1, 0.15) is 17.2 Å². The topological polar surface area (TPSA) is 105 Å². The maximum absolute atomic E-state index is 12.9. The van der Waals surface area contributed by atoms with Crippen LogP contribution in [0.1, 0.15) is 59.2 Å². The largest absolute Gasteiger partial charge is 0.364 e. The number of hydrogen-bond acceptors (Lipinski definition) is 7. The van der Waals surface area contributed by atoms with Crippen molar-refractivity contribution in [1.29, 1.82) is 0 Å². The fourth-order valence-corrected chi connectivity index (χ4v) is 4.15. The summed E-state index contributed by atoms with van der Waals surface area (Å²) in [6, 6.07) is 7.25. The van der Waals surface area contributed by atoms with Crippen molar-refractivity contribution >= 4 is 34.6 Å². The van der Waals surface area contributed by atoms with Crippen molar-refractivity contribution in [2.24, 2.45) is 13.0 Å². The second-order valence-corrected chi connectivity index (χ2v) is 8.52. The van der Waals surface area contributed by atoms with Crippen LogP contribution in [0.15, 0.2) is 30.5 Å². The predicted octanol–water partition coefficient (Wildman–Crippen LogP) is 4.07. The third-order valence-corrected chi connectivity index (χ3v) is 6.19. The number of carbonyl (C=O) groups excluding carboxylic acids is 2. The van der Waals surface area contributed by atoms with Crippen LogP contribution in [0, 0.1) is 5.92 Å². The summed E-state index contributed by atoms with van der Waals surface area (Å²) in [5.41, 5.74) is 4.61. The van der Waals surface area contributed by atoms with Gasteiger partial charge in [0.25, 0.3) is 0 Å². The lowest BCUT2D eigenvalue weighted by atomic mass is 9.96. The Labute approximate surface area is 196 Å². The summed E-state index contributed by atoms with van der Waals surface area (Å²) in [7, 11) is 3.74. The van der Waals surface area contributed by atoms with Gasteiger partial charge in [0, 0.05) is 48.4 Å². The van der Waals surface area contributed by atoms with E-state index in [0.717, 1.165) is 35.5 Å². The van der Waals surface area contributed by atoms with Gasteiger partial charge >= 0.3 is 0 Å². The standard InChI is InChI=1S/C24H27N7O2/c1-5-19(32)16-12-25-20(27-24(33)14-9-10-14)11-18(16)26-17-8-6-7-15-22-21(28-31(4)29-22)13(2)30(3)23(15)17/h6-8,11-14H,5,9-10H2,1-4H3,(H2,25,26,27,33)/t13-/m0/s1/i1D3. The molecule has 0 unspecified atom stereocenters. The van der Waals surface area contributed by atoms with Crippen LogP contribution in [0.25, 0.3) is 11.3 Å². The maximum atomic E-state index is 12.9. The number of carbonyl (C=O) groups is 2. The molecule has 3 heterocycles. The summed E-state index contributed by atoms with van der Waals surface area (Å²) in [4.78, 5) is 33.1. The summed E-state index contributed by atoms with van der Waals surface area (Å²) >= 11 is 0. The number of nitrogens with zero attached hydrogens (tertiary/aromatic N) is 5. The van der Waals surface area contributed by atoms with Gasteiger partial charge in [-0.25, -0.2) is 4.98 Å². The molecule has 1 aliphatic carbocycles. The van der Waals surface area contributed by atoms with Crippen molar-refractivity contribution in [3.63, 3.8) is 0 Å². The van der Waals surface area contributed by atoms with Gasteiger partial charge < -0.3 is 15.5 Å². The van der Waals surface area contributed by atoms with E-state index in [1.165, 1.54) is 6.20 Å². The predicted molar refractivity (Wildman–Crippen MR) is 127 cm³/mol. The Balaban J connectivity index is 1.56. The lowest BCUT2D eigenvalue weighted by molar-refractivity contribution is -0.117. The highest BCUT2D eigenvalue weighted by molar-refractivity contribution is 6.03. The highest BCUT2D eigenvalue weighted by Crippen LogP contribution is 2.46. The number of anilines is 4. The molecule has 9 heteroatoms. The zero-order chi connectivity index (χ0) is 25.8. The molecule has 1 fully saturated rings. The van der Waals surface area contributed by atoms with Crippen LogP contribution >= 0.6 is 0 Å². The van der Waals surface area contributed by atoms with Crippen LogP contribution < -0.4 is 15.5 Å². The van der Waals surface area contributed by atoms with Crippen LogP contribution in [-0.2, 0) is 11.8 Å². The fourth-order valence-electron chi connectivity index (χ4n) is 4.15. The number of aryl methyl sites for hydroxylation is 1. The van der Waals surface area contributed by atoms with Crippen molar-refractivity contribution < 1.29 is 13.7 Å².